The molecular formula is C19H14O2. The summed E-state index contributed by atoms with van der Waals surface area (Å²) < 4.78 is 5.42. The predicted octanol–water partition coefficient (Wildman–Crippen LogP) is 4.57. The Hall–Kier alpha value is -2.87. The van der Waals surface area contributed by atoms with Gasteiger partial charge in [0.05, 0.1) is 5.56 Å². The largest absolute Gasteiger partial charge is 0.423 e. The Labute approximate surface area is 123 Å². The van der Waals surface area contributed by atoms with Crippen LogP contribution in [-0.2, 0) is 0 Å². The third kappa shape index (κ3) is 3.00. The number of rotatable bonds is 3. The summed E-state index contributed by atoms with van der Waals surface area (Å²) in [6.07, 6.45) is 0. The van der Waals surface area contributed by atoms with E-state index in [4.69, 9.17) is 4.74 Å². The fourth-order valence-corrected chi connectivity index (χ4v) is 2.18. The van der Waals surface area contributed by atoms with Crippen LogP contribution in [0.5, 0.6) is 5.75 Å². The molecule has 0 aromatic heterocycles. The van der Waals surface area contributed by atoms with Crippen LogP contribution in [0.15, 0.2) is 84.9 Å². The molecule has 0 heterocycles. The van der Waals surface area contributed by atoms with E-state index >= 15 is 0 Å². The summed E-state index contributed by atoms with van der Waals surface area (Å²) in [5.41, 5.74) is 2.43. The van der Waals surface area contributed by atoms with Gasteiger partial charge in [-0.1, -0.05) is 66.7 Å². The third-order valence-electron chi connectivity index (χ3n) is 3.19. The minimum atomic E-state index is -0.347. The molecule has 2 nitrogen and oxygen atoms in total. The normalized spacial score (nSPS) is 10.1. The lowest BCUT2D eigenvalue weighted by atomic mass is 10.00. The number of carbonyl (C=O) groups is 1. The highest BCUT2D eigenvalue weighted by atomic mass is 16.5. The van der Waals surface area contributed by atoms with Crippen molar-refractivity contribution in [2.75, 3.05) is 0 Å². The van der Waals surface area contributed by atoms with E-state index in [1.54, 1.807) is 18.2 Å². The van der Waals surface area contributed by atoms with E-state index in [2.05, 4.69) is 0 Å². The van der Waals surface area contributed by atoms with Crippen molar-refractivity contribution in [2.45, 2.75) is 0 Å². The first-order chi connectivity index (χ1) is 10.3. The summed E-state index contributed by atoms with van der Waals surface area (Å²) in [6.45, 7) is 0. The topological polar surface area (TPSA) is 26.3 Å². The molecular weight excluding hydrogens is 260 g/mol. The summed E-state index contributed by atoms with van der Waals surface area (Å²) >= 11 is 0. The summed E-state index contributed by atoms with van der Waals surface area (Å²) in [5, 5.41) is 0. The monoisotopic (exact) mass is 274 g/mol. The molecule has 0 atom stereocenters. The molecule has 0 spiro atoms. The maximum absolute atomic E-state index is 12.4. The highest BCUT2D eigenvalue weighted by molar-refractivity contribution is 5.98. The predicted molar refractivity (Wildman–Crippen MR) is 83.3 cm³/mol. The smallest absolute Gasteiger partial charge is 0.344 e. The Kier molecular flexibility index (Phi) is 3.79. The van der Waals surface area contributed by atoms with E-state index in [0.29, 0.717) is 11.3 Å². The zero-order chi connectivity index (χ0) is 14.5. The Balaban J connectivity index is 1.94. The van der Waals surface area contributed by atoms with Crippen molar-refractivity contribution in [3.8, 4) is 16.9 Å². The molecule has 0 aliphatic carbocycles. The van der Waals surface area contributed by atoms with E-state index in [9.17, 15) is 4.79 Å². The summed E-state index contributed by atoms with van der Waals surface area (Å²) in [5.74, 6) is 0.200. The van der Waals surface area contributed by atoms with Crippen LogP contribution in [0.4, 0.5) is 0 Å². The van der Waals surface area contributed by atoms with Crippen molar-refractivity contribution in [3.63, 3.8) is 0 Å². The Bertz CT molecular complexity index is 734. The zero-order valence-electron chi connectivity index (χ0n) is 11.4. The molecule has 0 N–H and O–H groups in total. The van der Waals surface area contributed by atoms with Crippen LogP contribution in [0.3, 0.4) is 0 Å². The van der Waals surface area contributed by atoms with Crippen molar-refractivity contribution in [1.82, 2.24) is 0 Å². The molecule has 0 fully saturated rings. The van der Waals surface area contributed by atoms with Crippen molar-refractivity contribution in [3.05, 3.63) is 90.5 Å². The van der Waals surface area contributed by atoms with Crippen LogP contribution in [0.1, 0.15) is 10.4 Å². The van der Waals surface area contributed by atoms with E-state index < -0.39 is 0 Å². The first kappa shape index (κ1) is 13.1. The number of hydrogen-bond donors (Lipinski definition) is 0. The van der Waals surface area contributed by atoms with Crippen molar-refractivity contribution in [2.24, 2.45) is 0 Å². The van der Waals surface area contributed by atoms with Gasteiger partial charge in [0.1, 0.15) is 5.75 Å². The molecule has 3 aromatic carbocycles. The number of esters is 1. The van der Waals surface area contributed by atoms with E-state index in [1.807, 2.05) is 66.7 Å². The average molecular weight is 274 g/mol. The zero-order valence-corrected chi connectivity index (χ0v) is 11.4. The minimum Gasteiger partial charge on any atom is -0.423 e. The van der Waals surface area contributed by atoms with Crippen molar-refractivity contribution < 1.29 is 9.53 Å². The van der Waals surface area contributed by atoms with Gasteiger partial charge < -0.3 is 4.74 Å². The number of ether oxygens (including phenoxy) is 1. The van der Waals surface area contributed by atoms with Crippen LogP contribution in [0.2, 0.25) is 0 Å². The first-order valence-corrected chi connectivity index (χ1v) is 6.76. The molecule has 2 heteroatoms. The van der Waals surface area contributed by atoms with Gasteiger partial charge in [-0.25, -0.2) is 4.79 Å². The maximum atomic E-state index is 12.4. The van der Waals surface area contributed by atoms with Gasteiger partial charge in [0.15, 0.2) is 0 Å². The Morgan fingerprint density at radius 3 is 1.95 bits per heavy atom. The molecule has 102 valence electrons. The third-order valence-corrected chi connectivity index (χ3v) is 3.19. The van der Waals surface area contributed by atoms with Crippen LogP contribution in [0.25, 0.3) is 11.1 Å². The highest BCUT2D eigenvalue weighted by Gasteiger charge is 2.14. The Morgan fingerprint density at radius 2 is 1.24 bits per heavy atom. The minimum absolute atomic E-state index is 0.347. The van der Waals surface area contributed by atoms with Gasteiger partial charge >= 0.3 is 5.97 Å². The molecule has 21 heavy (non-hydrogen) atoms. The maximum Gasteiger partial charge on any atom is 0.344 e. The molecule has 0 radical (unpaired) electrons. The van der Waals surface area contributed by atoms with E-state index in [-0.39, 0.29) is 5.97 Å². The van der Waals surface area contributed by atoms with Gasteiger partial charge in [0.2, 0.25) is 0 Å². The van der Waals surface area contributed by atoms with Crippen LogP contribution in [-0.4, -0.2) is 5.97 Å². The second-order valence-electron chi connectivity index (χ2n) is 4.61. The lowest BCUT2D eigenvalue weighted by Gasteiger charge is -2.09. The van der Waals surface area contributed by atoms with Gasteiger partial charge in [-0.2, -0.15) is 0 Å². The van der Waals surface area contributed by atoms with Gasteiger partial charge in [0, 0.05) is 0 Å². The molecule has 0 amide bonds. The second kappa shape index (κ2) is 6.06. The van der Waals surface area contributed by atoms with Crippen LogP contribution < -0.4 is 4.74 Å². The molecule has 3 rings (SSSR count). The standard InChI is InChI=1S/C19H14O2/c20-19(21-16-11-5-2-6-12-16)18-14-8-7-13-17(18)15-9-3-1-4-10-15/h1-14H. The van der Waals surface area contributed by atoms with Crippen LogP contribution in [0, 0.1) is 0 Å². The number of hydrogen-bond acceptors (Lipinski definition) is 2. The van der Waals surface area contributed by atoms with E-state index in [1.165, 1.54) is 0 Å². The first-order valence-electron chi connectivity index (χ1n) is 6.76. The number of carbonyl (C=O) groups excluding carboxylic acids is 1. The molecule has 0 bridgehead atoms. The highest BCUT2D eigenvalue weighted by Crippen LogP contribution is 2.24. The molecule has 0 aliphatic rings. The lowest BCUT2D eigenvalue weighted by Crippen LogP contribution is -2.09. The molecule has 0 unspecified atom stereocenters. The van der Waals surface area contributed by atoms with Crippen LogP contribution >= 0.6 is 0 Å². The van der Waals surface area contributed by atoms with Gasteiger partial charge in [-0.15, -0.1) is 0 Å². The summed E-state index contributed by atoms with van der Waals surface area (Å²) in [4.78, 5) is 12.4. The average Bonchev–Trinajstić information content (AvgIpc) is 2.56. The molecule has 0 saturated carbocycles. The van der Waals surface area contributed by atoms with Crippen molar-refractivity contribution in [1.29, 1.82) is 0 Å². The second-order valence-corrected chi connectivity index (χ2v) is 4.61. The quantitative estimate of drug-likeness (QED) is 0.516. The molecule has 0 saturated heterocycles. The summed E-state index contributed by atoms with van der Waals surface area (Å²) in [7, 11) is 0. The lowest BCUT2D eigenvalue weighted by molar-refractivity contribution is 0.0735. The molecule has 0 aliphatic heterocycles. The number of para-hydroxylation sites is 1. The number of benzene rings is 3. The van der Waals surface area contributed by atoms with Gasteiger partial charge in [-0.3, -0.25) is 0 Å². The Morgan fingerprint density at radius 1 is 0.667 bits per heavy atom. The van der Waals surface area contributed by atoms with E-state index in [0.717, 1.165) is 11.1 Å². The van der Waals surface area contributed by atoms with Crippen molar-refractivity contribution >= 4 is 5.97 Å². The molecule has 3 aromatic rings. The fraction of sp³-hybridized carbons (Fsp3) is 0. The van der Waals surface area contributed by atoms with Gasteiger partial charge in [0.25, 0.3) is 0 Å². The summed E-state index contributed by atoms with van der Waals surface area (Å²) in [6, 6.07) is 26.4. The van der Waals surface area contributed by atoms with Gasteiger partial charge in [-0.05, 0) is 29.3 Å². The SMILES string of the molecule is O=C(Oc1ccccc1)c1ccccc1-c1ccccc1. The fourth-order valence-electron chi connectivity index (χ4n) is 2.18.